The SMILES string of the molecule is CN(CC(=O)NC1CC1)S(=O)(=O)[C@H]1CCN(C(=O)OCc2ccccc2)C1. The fraction of sp³-hybridized carbons (Fsp3) is 0.556. The topological polar surface area (TPSA) is 96.0 Å². The summed E-state index contributed by atoms with van der Waals surface area (Å²) in [4.78, 5) is 25.5. The van der Waals surface area contributed by atoms with Crippen LogP contribution >= 0.6 is 0 Å². The number of hydrogen-bond donors (Lipinski definition) is 1. The molecule has 1 atom stereocenters. The van der Waals surface area contributed by atoms with Gasteiger partial charge in [0.2, 0.25) is 15.9 Å². The minimum Gasteiger partial charge on any atom is -0.445 e. The molecule has 9 heteroatoms. The quantitative estimate of drug-likeness (QED) is 0.741. The number of carbonyl (C=O) groups is 2. The van der Waals surface area contributed by atoms with E-state index < -0.39 is 21.4 Å². The Morgan fingerprint density at radius 2 is 1.93 bits per heavy atom. The van der Waals surface area contributed by atoms with E-state index in [2.05, 4.69) is 5.32 Å². The zero-order valence-electron chi connectivity index (χ0n) is 15.3. The molecule has 2 aliphatic rings. The van der Waals surface area contributed by atoms with Gasteiger partial charge in [0.05, 0.1) is 11.8 Å². The molecule has 27 heavy (non-hydrogen) atoms. The number of benzene rings is 1. The molecular weight excluding hydrogens is 370 g/mol. The molecule has 0 radical (unpaired) electrons. The van der Waals surface area contributed by atoms with Crippen molar-refractivity contribution in [2.45, 2.75) is 37.2 Å². The molecule has 1 heterocycles. The highest BCUT2D eigenvalue weighted by molar-refractivity contribution is 7.89. The Morgan fingerprint density at radius 1 is 1.22 bits per heavy atom. The summed E-state index contributed by atoms with van der Waals surface area (Å²) in [5.41, 5.74) is 0.871. The van der Waals surface area contributed by atoms with Crippen molar-refractivity contribution in [3.05, 3.63) is 35.9 Å². The molecular formula is C18H25N3O5S. The third-order valence-corrected chi connectivity index (χ3v) is 7.00. The number of likely N-dealkylation sites (N-methyl/N-ethyl adjacent to an activating group) is 1. The summed E-state index contributed by atoms with van der Waals surface area (Å²) in [6.07, 6.45) is 1.71. The Balaban J connectivity index is 1.49. The van der Waals surface area contributed by atoms with E-state index >= 15 is 0 Å². The number of carbonyl (C=O) groups excluding carboxylic acids is 2. The fourth-order valence-electron chi connectivity index (χ4n) is 3.00. The second-order valence-electron chi connectivity index (χ2n) is 7.04. The third kappa shape index (κ3) is 5.20. The van der Waals surface area contributed by atoms with Gasteiger partial charge < -0.3 is 15.0 Å². The molecule has 2 amide bonds. The van der Waals surface area contributed by atoms with Crippen molar-refractivity contribution < 1.29 is 22.7 Å². The van der Waals surface area contributed by atoms with E-state index in [1.165, 1.54) is 11.9 Å². The van der Waals surface area contributed by atoms with Gasteiger partial charge in [-0.15, -0.1) is 0 Å². The zero-order chi connectivity index (χ0) is 19.4. The molecule has 1 aliphatic heterocycles. The van der Waals surface area contributed by atoms with E-state index in [1.54, 1.807) is 0 Å². The lowest BCUT2D eigenvalue weighted by Gasteiger charge is -2.21. The lowest BCUT2D eigenvalue weighted by Crippen LogP contribution is -2.44. The minimum absolute atomic E-state index is 0.0739. The van der Waals surface area contributed by atoms with Crippen molar-refractivity contribution in [3.8, 4) is 0 Å². The van der Waals surface area contributed by atoms with Crippen LogP contribution in [0.5, 0.6) is 0 Å². The molecule has 1 saturated carbocycles. The Labute approximate surface area is 159 Å². The lowest BCUT2D eigenvalue weighted by molar-refractivity contribution is -0.121. The van der Waals surface area contributed by atoms with Crippen molar-refractivity contribution in [2.24, 2.45) is 0 Å². The molecule has 1 N–H and O–H groups in total. The largest absolute Gasteiger partial charge is 0.445 e. The summed E-state index contributed by atoms with van der Waals surface area (Å²) in [7, 11) is -2.26. The predicted molar refractivity (Wildman–Crippen MR) is 99.3 cm³/mol. The summed E-state index contributed by atoms with van der Waals surface area (Å²) in [5, 5.41) is 2.06. The Bertz CT molecular complexity index is 779. The van der Waals surface area contributed by atoms with Crippen LogP contribution in [0.2, 0.25) is 0 Å². The van der Waals surface area contributed by atoms with Crippen LogP contribution in [-0.2, 0) is 26.2 Å². The van der Waals surface area contributed by atoms with Crippen LogP contribution < -0.4 is 5.32 Å². The standard InChI is InChI=1S/C18H25N3O5S/c1-20(12-17(22)19-15-7-8-15)27(24,25)16-9-10-21(11-16)18(23)26-13-14-5-3-2-4-6-14/h2-6,15-16H,7-13H2,1H3,(H,19,22)/t16-/m0/s1. The summed E-state index contributed by atoms with van der Waals surface area (Å²) in [6.45, 7) is 0.340. The highest BCUT2D eigenvalue weighted by Crippen LogP contribution is 2.21. The first-order valence-corrected chi connectivity index (χ1v) is 10.6. The number of nitrogens with zero attached hydrogens (tertiary/aromatic N) is 2. The average molecular weight is 395 g/mol. The van der Waals surface area contributed by atoms with Crippen LogP contribution in [0.15, 0.2) is 30.3 Å². The van der Waals surface area contributed by atoms with E-state index in [4.69, 9.17) is 4.74 Å². The Hall–Kier alpha value is -2.13. The maximum Gasteiger partial charge on any atom is 0.410 e. The normalized spacial score (nSPS) is 19.9. The van der Waals surface area contributed by atoms with Gasteiger partial charge in [0, 0.05) is 26.2 Å². The van der Waals surface area contributed by atoms with E-state index in [-0.39, 0.29) is 31.6 Å². The van der Waals surface area contributed by atoms with Crippen molar-refractivity contribution in [1.29, 1.82) is 0 Å². The smallest absolute Gasteiger partial charge is 0.410 e. The second-order valence-corrected chi connectivity index (χ2v) is 9.36. The van der Waals surface area contributed by atoms with Gasteiger partial charge in [-0.1, -0.05) is 30.3 Å². The first-order chi connectivity index (χ1) is 12.9. The zero-order valence-corrected chi connectivity index (χ0v) is 16.2. The Morgan fingerprint density at radius 3 is 2.59 bits per heavy atom. The molecule has 3 rings (SSSR count). The van der Waals surface area contributed by atoms with Gasteiger partial charge in [0.25, 0.3) is 0 Å². The highest BCUT2D eigenvalue weighted by Gasteiger charge is 2.38. The Kier molecular flexibility index (Phi) is 6.01. The molecule has 148 valence electrons. The molecule has 0 bridgehead atoms. The van der Waals surface area contributed by atoms with Crippen LogP contribution in [0, 0.1) is 0 Å². The molecule has 1 saturated heterocycles. The van der Waals surface area contributed by atoms with Crippen LogP contribution in [-0.4, -0.2) is 67.6 Å². The third-order valence-electron chi connectivity index (χ3n) is 4.77. The van der Waals surface area contributed by atoms with Gasteiger partial charge in [-0.25, -0.2) is 13.2 Å². The summed E-state index contributed by atoms with van der Waals surface area (Å²) in [6, 6.07) is 9.49. The minimum atomic E-state index is -3.66. The number of rotatable bonds is 7. The van der Waals surface area contributed by atoms with Crippen molar-refractivity contribution >= 4 is 22.0 Å². The van der Waals surface area contributed by atoms with Crippen LogP contribution in [0.1, 0.15) is 24.8 Å². The second kappa shape index (κ2) is 8.26. The summed E-state index contributed by atoms with van der Waals surface area (Å²) < 4.78 is 31.7. The van der Waals surface area contributed by atoms with Gasteiger partial charge in [-0.05, 0) is 24.8 Å². The predicted octanol–water partition coefficient (Wildman–Crippen LogP) is 0.938. The summed E-state index contributed by atoms with van der Waals surface area (Å²) in [5.74, 6) is -0.291. The molecule has 1 aromatic rings. The van der Waals surface area contributed by atoms with E-state index in [9.17, 15) is 18.0 Å². The monoisotopic (exact) mass is 395 g/mol. The van der Waals surface area contributed by atoms with Crippen LogP contribution in [0.25, 0.3) is 0 Å². The van der Waals surface area contributed by atoms with Crippen molar-refractivity contribution in [2.75, 3.05) is 26.7 Å². The van der Waals surface area contributed by atoms with Gasteiger partial charge in [0.1, 0.15) is 6.61 Å². The van der Waals surface area contributed by atoms with Gasteiger partial charge in [-0.2, -0.15) is 4.31 Å². The van der Waals surface area contributed by atoms with Crippen molar-refractivity contribution in [1.82, 2.24) is 14.5 Å². The molecule has 0 unspecified atom stereocenters. The van der Waals surface area contributed by atoms with E-state index in [1.807, 2.05) is 30.3 Å². The molecule has 2 fully saturated rings. The number of hydrogen-bond acceptors (Lipinski definition) is 5. The lowest BCUT2D eigenvalue weighted by atomic mass is 10.2. The van der Waals surface area contributed by atoms with Gasteiger partial charge in [-0.3, -0.25) is 4.79 Å². The average Bonchev–Trinajstić information content (AvgIpc) is 3.30. The summed E-state index contributed by atoms with van der Waals surface area (Å²) >= 11 is 0. The van der Waals surface area contributed by atoms with E-state index in [0.717, 1.165) is 22.7 Å². The molecule has 8 nitrogen and oxygen atoms in total. The first-order valence-electron chi connectivity index (χ1n) is 9.06. The number of ether oxygens (including phenoxy) is 1. The molecule has 1 aliphatic carbocycles. The number of likely N-dealkylation sites (tertiary alicyclic amines) is 1. The van der Waals surface area contributed by atoms with E-state index in [0.29, 0.717) is 13.0 Å². The maximum absolute atomic E-state index is 12.7. The number of sulfonamides is 1. The van der Waals surface area contributed by atoms with Gasteiger partial charge >= 0.3 is 6.09 Å². The van der Waals surface area contributed by atoms with Crippen LogP contribution in [0.4, 0.5) is 4.79 Å². The molecule has 0 spiro atoms. The van der Waals surface area contributed by atoms with Gasteiger partial charge in [0.15, 0.2) is 0 Å². The number of amides is 2. The molecule has 1 aromatic carbocycles. The highest BCUT2D eigenvalue weighted by atomic mass is 32.2. The van der Waals surface area contributed by atoms with Crippen LogP contribution in [0.3, 0.4) is 0 Å². The number of nitrogens with one attached hydrogen (secondary N) is 1. The van der Waals surface area contributed by atoms with Crippen molar-refractivity contribution in [3.63, 3.8) is 0 Å². The maximum atomic E-state index is 12.7. The first kappa shape index (κ1) is 19.6. The fourth-order valence-corrected chi connectivity index (χ4v) is 4.57. The molecule has 0 aromatic heterocycles.